The monoisotopic (exact) mass is 291 g/mol. The molecule has 0 unspecified atom stereocenters. The van der Waals surface area contributed by atoms with E-state index >= 15 is 0 Å². The second-order valence-electron chi connectivity index (χ2n) is 5.30. The van der Waals surface area contributed by atoms with Gasteiger partial charge in [-0.05, 0) is 45.8 Å². The minimum absolute atomic E-state index is 0.0742. The Morgan fingerprint density at radius 3 is 2.67 bits per heavy atom. The highest BCUT2D eigenvalue weighted by Gasteiger charge is 2.30. The van der Waals surface area contributed by atoms with Crippen molar-refractivity contribution in [2.24, 2.45) is 0 Å². The minimum atomic E-state index is -0.459. The molecular formula is C15H21N3O3. The normalized spacial score (nSPS) is 15.7. The fourth-order valence-electron chi connectivity index (χ4n) is 2.91. The van der Waals surface area contributed by atoms with Crippen LogP contribution in [0.15, 0.2) is 18.2 Å². The van der Waals surface area contributed by atoms with E-state index in [-0.39, 0.29) is 23.2 Å². The zero-order valence-corrected chi connectivity index (χ0v) is 12.5. The summed E-state index contributed by atoms with van der Waals surface area (Å²) in [5.74, 6) is -0.236. The molecule has 0 aromatic heterocycles. The molecule has 6 heteroatoms. The van der Waals surface area contributed by atoms with Gasteiger partial charge in [0, 0.05) is 18.2 Å². The van der Waals surface area contributed by atoms with Gasteiger partial charge in [0.05, 0.1) is 4.92 Å². The van der Waals surface area contributed by atoms with Crippen LogP contribution in [-0.2, 0) is 0 Å². The Labute approximate surface area is 124 Å². The number of nitrogens with one attached hydrogen (secondary N) is 1. The minimum Gasteiger partial charge on any atom is -0.336 e. The number of hydrogen-bond donors (Lipinski definition) is 1. The maximum absolute atomic E-state index is 12.8. The predicted molar refractivity (Wildman–Crippen MR) is 80.4 cm³/mol. The maximum Gasteiger partial charge on any atom is 0.285 e. The van der Waals surface area contributed by atoms with Crippen molar-refractivity contribution in [2.75, 3.05) is 19.6 Å². The zero-order chi connectivity index (χ0) is 15.4. The van der Waals surface area contributed by atoms with Crippen molar-refractivity contribution in [3.63, 3.8) is 0 Å². The van der Waals surface area contributed by atoms with E-state index in [1.807, 2.05) is 6.92 Å². The fourth-order valence-corrected chi connectivity index (χ4v) is 2.91. The number of hydrogen-bond acceptors (Lipinski definition) is 4. The number of para-hydroxylation sites is 1. The third-order valence-electron chi connectivity index (χ3n) is 4.00. The number of carbonyl (C=O) groups is 1. The van der Waals surface area contributed by atoms with Crippen LogP contribution >= 0.6 is 0 Å². The molecule has 1 heterocycles. The molecule has 114 valence electrons. The van der Waals surface area contributed by atoms with E-state index in [4.69, 9.17) is 0 Å². The van der Waals surface area contributed by atoms with E-state index in [2.05, 4.69) is 5.32 Å². The molecule has 1 saturated heterocycles. The lowest BCUT2D eigenvalue weighted by atomic mass is 10.0. The third-order valence-corrected chi connectivity index (χ3v) is 4.00. The summed E-state index contributed by atoms with van der Waals surface area (Å²) in [6, 6.07) is 5.07. The molecule has 0 spiro atoms. The quantitative estimate of drug-likeness (QED) is 0.681. The molecule has 0 atom stereocenters. The van der Waals surface area contributed by atoms with Crippen molar-refractivity contribution in [1.82, 2.24) is 10.2 Å². The van der Waals surface area contributed by atoms with Gasteiger partial charge in [-0.25, -0.2) is 0 Å². The fraction of sp³-hybridized carbons (Fsp3) is 0.533. The molecule has 0 aliphatic carbocycles. The molecule has 0 bridgehead atoms. The second-order valence-corrected chi connectivity index (χ2v) is 5.30. The molecule has 6 nitrogen and oxygen atoms in total. The van der Waals surface area contributed by atoms with Crippen molar-refractivity contribution in [3.8, 4) is 0 Å². The molecule has 1 aliphatic heterocycles. The number of nitro groups is 1. The highest BCUT2D eigenvalue weighted by molar-refractivity contribution is 5.98. The van der Waals surface area contributed by atoms with Gasteiger partial charge in [0.15, 0.2) is 0 Å². The summed E-state index contributed by atoms with van der Waals surface area (Å²) in [5, 5.41) is 14.5. The first kappa shape index (κ1) is 15.4. The van der Waals surface area contributed by atoms with Gasteiger partial charge >= 0.3 is 0 Å². The number of aryl methyl sites for hydroxylation is 1. The number of nitro benzene ring substituents is 1. The number of carbonyl (C=O) groups excluding carboxylic acids is 1. The highest BCUT2D eigenvalue weighted by atomic mass is 16.6. The summed E-state index contributed by atoms with van der Waals surface area (Å²) < 4.78 is 0. The van der Waals surface area contributed by atoms with Crippen LogP contribution in [0.3, 0.4) is 0 Å². The van der Waals surface area contributed by atoms with Crippen LogP contribution in [0.1, 0.15) is 35.7 Å². The molecule has 1 aliphatic rings. The number of nitrogens with zero attached hydrogens (tertiary/aromatic N) is 2. The highest BCUT2D eigenvalue weighted by Crippen LogP contribution is 2.26. The average molecular weight is 291 g/mol. The first-order valence-electron chi connectivity index (χ1n) is 7.32. The van der Waals surface area contributed by atoms with Gasteiger partial charge in [0.25, 0.3) is 11.6 Å². The smallest absolute Gasteiger partial charge is 0.285 e. The number of rotatable bonds is 4. The molecule has 0 radical (unpaired) electrons. The van der Waals surface area contributed by atoms with E-state index < -0.39 is 4.92 Å². The molecule has 1 fully saturated rings. The Kier molecular flexibility index (Phi) is 4.90. The predicted octanol–water partition coefficient (Wildman–Crippen LogP) is 2.12. The van der Waals surface area contributed by atoms with Crippen LogP contribution in [-0.4, -0.2) is 41.4 Å². The summed E-state index contributed by atoms with van der Waals surface area (Å²) in [6.07, 6.45) is 1.78. The first-order chi connectivity index (χ1) is 10.1. The van der Waals surface area contributed by atoms with Crippen LogP contribution in [0.2, 0.25) is 0 Å². The molecule has 21 heavy (non-hydrogen) atoms. The van der Waals surface area contributed by atoms with Crippen molar-refractivity contribution in [1.29, 1.82) is 0 Å². The third kappa shape index (κ3) is 3.21. The summed E-state index contributed by atoms with van der Waals surface area (Å²) in [6.45, 7) is 5.90. The van der Waals surface area contributed by atoms with Crippen LogP contribution in [0, 0.1) is 17.0 Å². The molecule has 1 aromatic carbocycles. The average Bonchev–Trinajstić information content (AvgIpc) is 2.48. The lowest BCUT2D eigenvalue weighted by Gasteiger charge is -2.34. The van der Waals surface area contributed by atoms with E-state index in [1.165, 1.54) is 0 Å². The number of benzene rings is 1. The molecule has 0 saturated carbocycles. The summed E-state index contributed by atoms with van der Waals surface area (Å²) in [5.41, 5.74) is 0.641. The van der Waals surface area contributed by atoms with Crippen LogP contribution in [0.25, 0.3) is 0 Å². The number of amides is 1. The Balaban J connectivity index is 2.33. The molecule has 1 amide bonds. The largest absolute Gasteiger partial charge is 0.336 e. The SMILES string of the molecule is CCN(C(=O)c1cccc(C)c1[N+](=O)[O-])C1CCNCC1. The molecular weight excluding hydrogens is 270 g/mol. The van der Waals surface area contributed by atoms with Gasteiger partial charge in [-0.1, -0.05) is 12.1 Å². The summed E-state index contributed by atoms with van der Waals surface area (Å²) in [7, 11) is 0. The van der Waals surface area contributed by atoms with Gasteiger partial charge in [-0.15, -0.1) is 0 Å². The van der Waals surface area contributed by atoms with Crippen LogP contribution in [0.4, 0.5) is 5.69 Å². The Bertz CT molecular complexity index is 539. The zero-order valence-electron chi connectivity index (χ0n) is 12.5. The molecule has 1 aromatic rings. The van der Waals surface area contributed by atoms with Gasteiger partial charge < -0.3 is 10.2 Å². The van der Waals surface area contributed by atoms with Crippen molar-refractivity contribution in [3.05, 3.63) is 39.4 Å². The van der Waals surface area contributed by atoms with Crippen LogP contribution in [0.5, 0.6) is 0 Å². The van der Waals surface area contributed by atoms with Gasteiger partial charge in [-0.2, -0.15) is 0 Å². The van der Waals surface area contributed by atoms with Gasteiger partial charge in [0.2, 0.25) is 0 Å². The standard InChI is InChI=1S/C15H21N3O3/c1-3-17(12-7-9-16-10-8-12)15(19)13-6-4-5-11(2)14(13)18(20)21/h4-6,12,16H,3,7-10H2,1-2H3. The van der Waals surface area contributed by atoms with Crippen molar-refractivity contribution in [2.45, 2.75) is 32.7 Å². The Morgan fingerprint density at radius 2 is 2.10 bits per heavy atom. The molecule has 1 N–H and O–H groups in total. The summed E-state index contributed by atoms with van der Waals surface area (Å²) in [4.78, 5) is 25.3. The lowest BCUT2D eigenvalue weighted by Crippen LogP contribution is -2.46. The van der Waals surface area contributed by atoms with Crippen LogP contribution < -0.4 is 5.32 Å². The van der Waals surface area contributed by atoms with E-state index in [9.17, 15) is 14.9 Å². The second kappa shape index (κ2) is 6.67. The Morgan fingerprint density at radius 1 is 1.43 bits per heavy atom. The lowest BCUT2D eigenvalue weighted by molar-refractivity contribution is -0.385. The van der Waals surface area contributed by atoms with Crippen molar-refractivity contribution < 1.29 is 9.72 Å². The van der Waals surface area contributed by atoms with E-state index in [1.54, 1.807) is 30.0 Å². The Hall–Kier alpha value is -1.95. The van der Waals surface area contributed by atoms with Gasteiger partial charge in [0.1, 0.15) is 5.56 Å². The number of piperidine rings is 1. The van der Waals surface area contributed by atoms with E-state index in [0.29, 0.717) is 12.1 Å². The summed E-state index contributed by atoms with van der Waals surface area (Å²) >= 11 is 0. The van der Waals surface area contributed by atoms with Crippen molar-refractivity contribution >= 4 is 11.6 Å². The van der Waals surface area contributed by atoms with E-state index in [0.717, 1.165) is 25.9 Å². The topological polar surface area (TPSA) is 75.5 Å². The first-order valence-corrected chi connectivity index (χ1v) is 7.32. The maximum atomic E-state index is 12.8. The molecule has 2 rings (SSSR count). The van der Waals surface area contributed by atoms with Gasteiger partial charge in [-0.3, -0.25) is 14.9 Å².